The molecule has 24 heavy (non-hydrogen) atoms. The maximum Gasteiger partial charge on any atom is 0.310 e. The maximum atomic E-state index is 9.87. The Morgan fingerprint density at radius 1 is 0.708 bits per heavy atom. The van der Waals surface area contributed by atoms with E-state index >= 15 is 0 Å². The van der Waals surface area contributed by atoms with Crippen LogP contribution in [0.5, 0.6) is 0 Å². The topological polar surface area (TPSA) is 169 Å². The number of hydrogen-bond donors (Lipinski definition) is 5. The Kier molecular flexibility index (Phi) is 47.4. The van der Waals surface area contributed by atoms with Crippen LogP contribution in [0.3, 0.4) is 0 Å². The molecular formula is C14H30O9Ti. The minimum atomic E-state index is -1.06. The van der Waals surface area contributed by atoms with E-state index in [0.29, 0.717) is 0 Å². The number of ketones is 1. The molecule has 9 nitrogen and oxygen atoms in total. The number of carbonyl (C=O) groups is 4. The predicted octanol–water partition coefficient (Wildman–Crippen LogP) is 1.00. The first-order valence-corrected chi connectivity index (χ1v) is 6.52. The minimum Gasteiger partial charge on any atom is -0.481 e. The van der Waals surface area contributed by atoms with E-state index in [1.165, 1.54) is 6.92 Å². The van der Waals surface area contributed by atoms with Gasteiger partial charge in [-0.3, -0.25) is 19.2 Å². The number of carbonyl (C=O) groups excluding carboxylic acids is 1. The SMILES string of the molecule is CC(=O)CC(=O)O.CC(=O)O.CC(=O)O.CC(C)O.CC(C)O.[Ti]. The van der Waals surface area contributed by atoms with E-state index < -0.39 is 17.9 Å². The Bertz CT molecular complexity index is 272. The molecule has 0 aromatic carbocycles. The first-order valence-electron chi connectivity index (χ1n) is 6.52. The second kappa shape index (κ2) is 29.7. The molecule has 0 radical (unpaired) electrons. The van der Waals surface area contributed by atoms with Gasteiger partial charge in [-0.25, -0.2) is 0 Å². The molecule has 0 saturated carbocycles. The van der Waals surface area contributed by atoms with Gasteiger partial charge >= 0.3 is 5.97 Å². The molecule has 0 aliphatic rings. The second-order valence-electron chi connectivity index (χ2n) is 4.50. The third-order valence-electron chi connectivity index (χ3n) is 0.400. The van der Waals surface area contributed by atoms with E-state index in [2.05, 4.69) is 0 Å². The van der Waals surface area contributed by atoms with Crippen molar-refractivity contribution >= 4 is 23.7 Å². The largest absolute Gasteiger partial charge is 0.481 e. The molecule has 0 bridgehead atoms. The van der Waals surface area contributed by atoms with Gasteiger partial charge in [0, 0.05) is 47.8 Å². The van der Waals surface area contributed by atoms with Crippen molar-refractivity contribution in [1.29, 1.82) is 0 Å². The Hall–Kier alpha value is -1.29. The van der Waals surface area contributed by atoms with Gasteiger partial charge in [-0.2, -0.15) is 0 Å². The van der Waals surface area contributed by atoms with Crippen molar-refractivity contribution in [2.45, 2.75) is 67.1 Å². The van der Waals surface area contributed by atoms with E-state index in [4.69, 9.17) is 35.1 Å². The first-order chi connectivity index (χ1) is 10.1. The van der Waals surface area contributed by atoms with Gasteiger partial charge in [0.15, 0.2) is 0 Å². The average Bonchev–Trinajstić information content (AvgIpc) is 2.09. The molecule has 0 aromatic rings. The van der Waals surface area contributed by atoms with E-state index in [0.717, 1.165) is 13.8 Å². The van der Waals surface area contributed by atoms with E-state index in [1.807, 2.05) is 0 Å². The molecular weight excluding hydrogens is 360 g/mol. The summed E-state index contributed by atoms with van der Waals surface area (Å²) in [7, 11) is 0. The van der Waals surface area contributed by atoms with Gasteiger partial charge in [-0.05, 0) is 34.6 Å². The van der Waals surface area contributed by atoms with Crippen LogP contribution in [0.15, 0.2) is 0 Å². The summed E-state index contributed by atoms with van der Waals surface area (Å²) < 4.78 is 0. The van der Waals surface area contributed by atoms with Crippen molar-refractivity contribution in [3.63, 3.8) is 0 Å². The zero-order chi connectivity index (χ0) is 20.2. The van der Waals surface area contributed by atoms with Crippen molar-refractivity contribution in [3.8, 4) is 0 Å². The number of rotatable bonds is 2. The summed E-state index contributed by atoms with van der Waals surface area (Å²) >= 11 is 0. The van der Waals surface area contributed by atoms with Crippen LogP contribution >= 0.6 is 0 Å². The molecule has 0 rings (SSSR count). The molecule has 0 aliphatic carbocycles. The maximum absolute atomic E-state index is 9.87. The van der Waals surface area contributed by atoms with Crippen molar-refractivity contribution in [2.75, 3.05) is 0 Å². The molecule has 0 amide bonds. The Labute approximate surface area is 157 Å². The normalized spacial score (nSPS) is 7.46. The zero-order valence-electron chi connectivity index (χ0n) is 15.2. The number of carboxylic acids is 3. The monoisotopic (exact) mass is 390 g/mol. The van der Waals surface area contributed by atoms with Crippen LogP contribution in [0.25, 0.3) is 0 Å². The first kappa shape index (κ1) is 38.3. The summed E-state index contributed by atoms with van der Waals surface area (Å²) in [6.07, 6.45) is -0.694. The predicted molar refractivity (Wildman–Crippen MR) is 84.3 cm³/mol. The molecule has 10 heteroatoms. The van der Waals surface area contributed by atoms with Gasteiger partial charge in [-0.1, -0.05) is 0 Å². The van der Waals surface area contributed by atoms with Crippen LogP contribution in [0.1, 0.15) is 54.9 Å². The summed E-state index contributed by atoms with van der Waals surface area (Å²) in [6.45, 7) is 10.3. The van der Waals surface area contributed by atoms with Crippen LogP contribution in [0.2, 0.25) is 0 Å². The summed E-state index contributed by atoms with van der Waals surface area (Å²) in [5, 5.41) is 38.8. The fourth-order valence-electron chi connectivity index (χ4n) is 0.213. The summed E-state index contributed by atoms with van der Waals surface area (Å²) in [5.41, 5.74) is 0. The zero-order valence-corrected chi connectivity index (χ0v) is 16.8. The Morgan fingerprint density at radius 3 is 0.833 bits per heavy atom. The third-order valence-corrected chi connectivity index (χ3v) is 0.400. The molecule has 0 aromatic heterocycles. The van der Waals surface area contributed by atoms with Crippen LogP contribution in [-0.2, 0) is 40.9 Å². The van der Waals surface area contributed by atoms with E-state index in [1.54, 1.807) is 27.7 Å². The molecule has 0 aliphatic heterocycles. The Balaban J connectivity index is -0.0000000429. The number of aliphatic hydroxyl groups is 2. The molecule has 144 valence electrons. The van der Waals surface area contributed by atoms with Gasteiger partial charge in [0.1, 0.15) is 12.2 Å². The van der Waals surface area contributed by atoms with Crippen LogP contribution in [0, 0.1) is 0 Å². The van der Waals surface area contributed by atoms with Gasteiger partial charge in [0.2, 0.25) is 0 Å². The third kappa shape index (κ3) is 1090. The summed E-state index contributed by atoms with van der Waals surface area (Å²) in [5.74, 6) is -3.04. The smallest absolute Gasteiger partial charge is 0.310 e. The van der Waals surface area contributed by atoms with Crippen molar-refractivity contribution < 1.29 is 66.4 Å². The molecule has 0 unspecified atom stereocenters. The second-order valence-corrected chi connectivity index (χ2v) is 4.50. The number of aliphatic carboxylic acids is 3. The number of hydrogen-bond acceptors (Lipinski definition) is 6. The van der Waals surface area contributed by atoms with Crippen LogP contribution in [-0.4, -0.2) is 61.4 Å². The number of carboxylic acid groups (broad SMARTS) is 3. The summed E-state index contributed by atoms with van der Waals surface area (Å²) in [4.78, 5) is 37.5. The van der Waals surface area contributed by atoms with E-state index in [-0.39, 0.29) is 46.1 Å². The van der Waals surface area contributed by atoms with E-state index in [9.17, 15) is 9.59 Å². The van der Waals surface area contributed by atoms with Crippen LogP contribution < -0.4 is 0 Å². The fourth-order valence-corrected chi connectivity index (χ4v) is 0.213. The van der Waals surface area contributed by atoms with Crippen molar-refractivity contribution in [2.24, 2.45) is 0 Å². The van der Waals surface area contributed by atoms with Gasteiger partial charge in [-0.15, -0.1) is 0 Å². The molecule has 0 spiro atoms. The molecule has 5 N–H and O–H groups in total. The van der Waals surface area contributed by atoms with Gasteiger partial charge < -0.3 is 25.5 Å². The molecule has 0 atom stereocenters. The number of aliphatic hydroxyl groups excluding tert-OH is 2. The Morgan fingerprint density at radius 2 is 0.833 bits per heavy atom. The van der Waals surface area contributed by atoms with Gasteiger partial charge in [0.25, 0.3) is 11.9 Å². The van der Waals surface area contributed by atoms with Crippen molar-refractivity contribution in [3.05, 3.63) is 0 Å². The fraction of sp³-hybridized carbons (Fsp3) is 0.714. The minimum absolute atomic E-state index is 0. The molecule has 0 saturated heterocycles. The molecule has 0 heterocycles. The standard InChI is InChI=1S/C4H6O3.2C3H8O.2C2H4O2.Ti/c1-3(5)2-4(6)7;2*1-3(2)4;2*1-2(3)4;/h2H2,1H3,(H,6,7);2*3-4H,1-2H3;2*1H3,(H,3,4);. The molecule has 0 fully saturated rings. The quantitative estimate of drug-likeness (QED) is 0.341. The average molecular weight is 390 g/mol. The van der Waals surface area contributed by atoms with Gasteiger partial charge in [0.05, 0.1) is 0 Å². The number of Topliss-reactive ketones (excluding diaryl/α,β-unsaturated/α-hetero) is 1. The van der Waals surface area contributed by atoms with Crippen LogP contribution in [0.4, 0.5) is 0 Å². The van der Waals surface area contributed by atoms with Crippen molar-refractivity contribution in [1.82, 2.24) is 0 Å². The summed E-state index contributed by atoms with van der Waals surface area (Å²) in [6, 6.07) is 0.